The molecule has 0 radical (unpaired) electrons. The Hall–Kier alpha value is -0.940. The van der Waals surface area contributed by atoms with Crippen LogP contribution in [0.25, 0.3) is 0 Å². The Labute approximate surface area is 146 Å². The number of hydrogen-bond donors (Lipinski definition) is 0. The summed E-state index contributed by atoms with van der Waals surface area (Å²) in [7, 11) is 0. The molecule has 0 aromatic heterocycles. The van der Waals surface area contributed by atoms with Crippen molar-refractivity contribution in [2.24, 2.45) is 0 Å². The second-order valence-corrected chi connectivity index (χ2v) is 7.64. The fraction of sp³-hybridized carbons (Fsp3) is 0.700. The smallest absolute Gasteiger partial charge is 0.0620 e. The molecule has 3 rings (SSSR count). The lowest BCUT2D eigenvalue weighted by molar-refractivity contribution is -0.0418. The Balaban J connectivity index is 1.67. The third kappa shape index (κ3) is 4.17. The summed E-state index contributed by atoms with van der Waals surface area (Å²) < 4.78 is 11.3. The number of nitrogens with zero attached hydrogens (tertiary/aromatic N) is 2. The van der Waals surface area contributed by atoms with E-state index in [1.54, 1.807) is 0 Å². The molecule has 134 valence electrons. The molecule has 0 amide bonds. The van der Waals surface area contributed by atoms with Gasteiger partial charge in [0.15, 0.2) is 0 Å². The third-order valence-electron chi connectivity index (χ3n) is 5.42. The Bertz CT molecular complexity index is 473. The summed E-state index contributed by atoms with van der Waals surface area (Å²) in [6.07, 6.45) is 0. The minimum Gasteiger partial charge on any atom is -0.378 e. The predicted octanol–water partition coefficient (Wildman–Crippen LogP) is 2.91. The van der Waals surface area contributed by atoms with Gasteiger partial charge in [0.25, 0.3) is 0 Å². The highest BCUT2D eigenvalue weighted by atomic mass is 16.5. The maximum atomic E-state index is 5.65. The molecule has 2 saturated heterocycles. The van der Waals surface area contributed by atoms with Gasteiger partial charge in [0.1, 0.15) is 0 Å². The van der Waals surface area contributed by atoms with Gasteiger partial charge in [0.05, 0.1) is 26.4 Å². The van der Waals surface area contributed by atoms with Crippen molar-refractivity contribution in [1.29, 1.82) is 0 Å². The zero-order valence-electron chi connectivity index (χ0n) is 15.6. The molecule has 4 heteroatoms. The molecule has 2 heterocycles. The highest BCUT2D eigenvalue weighted by Gasteiger charge is 2.26. The first-order valence-corrected chi connectivity index (χ1v) is 9.29. The number of hydrogen-bond acceptors (Lipinski definition) is 4. The van der Waals surface area contributed by atoms with Crippen LogP contribution in [0.2, 0.25) is 0 Å². The van der Waals surface area contributed by atoms with E-state index in [9.17, 15) is 0 Å². The van der Waals surface area contributed by atoms with Gasteiger partial charge in [-0.1, -0.05) is 24.3 Å². The molecule has 2 aliphatic heterocycles. The quantitative estimate of drug-likeness (QED) is 0.846. The summed E-state index contributed by atoms with van der Waals surface area (Å²) in [5.41, 5.74) is 2.81. The summed E-state index contributed by atoms with van der Waals surface area (Å²) in [5, 5.41) is 0. The van der Waals surface area contributed by atoms with Gasteiger partial charge in [0.2, 0.25) is 0 Å². The second-order valence-electron chi connectivity index (χ2n) is 7.64. The number of rotatable bonds is 4. The summed E-state index contributed by atoms with van der Waals surface area (Å²) in [4.78, 5) is 5.12. The van der Waals surface area contributed by atoms with Crippen LogP contribution in [0.5, 0.6) is 0 Å². The second kappa shape index (κ2) is 7.96. The van der Waals surface area contributed by atoms with Crippen LogP contribution in [0.15, 0.2) is 24.3 Å². The average molecular weight is 332 g/mol. The van der Waals surface area contributed by atoms with Crippen LogP contribution in [0.4, 0.5) is 0 Å². The molecule has 0 N–H and O–H groups in total. The fourth-order valence-corrected chi connectivity index (χ4v) is 3.94. The van der Waals surface area contributed by atoms with Crippen molar-refractivity contribution >= 4 is 0 Å². The molecule has 0 spiro atoms. The summed E-state index contributed by atoms with van der Waals surface area (Å²) in [6.45, 7) is 14.4. The van der Waals surface area contributed by atoms with Crippen LogP contribution < -0.4 is 0 Å². The van der Waals surface area contributed by atoms with Crippen LogP contribution in [0, 0.1) is 0 Å². The van der Waals surface area contributed by atoms with Gasteiger partial charge in [-0.2, -0.15) is 0 Å². The lowest BCUT2D eigenvalue weighted by Crippen LogP contribution is -2.49. The normalized spacial score (nSPS) is 32.8. The zero-order valence-corrected chi connectivity index (χ0v) is 15.6. The number of morpholine rings is 2. The molecule has 4 atom stereocenters. The lowest BCUT2D eigenvalue weighted by atomic mass is 10.1. The highest BCUT2D eigenvalue weighted by Crippen LogP contribution is 2.20. The molecule has 2 aliphatic rings. The highest BCUT2D eigenvalue weighted by molar-refractivity contribution is 5.24. The molecule has 0 aliphatic carbocycles. The molecule has 1 aromatic carbocycles. The van der Waals surface area contributed by atoms with E-state index in [2.05, 4.69) is 61.8 Å². The van der Waals surface area contributed by atoms with Crippen LogP contribution in [0.3, 0.4) is 0 Å². The maximum Gasteiger partial charge on any atom is 0.0620 e. The van der Waals surface area contributed by atoms with Gasteiger partial charge in [0, 0.05) is 37.3 Å². The van der Waals surface area contributed by atoms with E-state index < -0.39 is 0 Å². The van der Waals surface area contributed by atoms with E-state index in [0.717, 1.165) is 39.5 Å². The van der Waals surface area contributed by atoms with Crippen molar-refractivity contribution < 1.29 is 9.47 Å². The van der Waals surface area contributed by atoms with E-state index >= 15 is 0 Å². The molecule has 24 heavy (non-hydrogen) atoms. The van der Waals surface area contributed by atoms with Crippen molar-refractivity contribution in [3.05, 3.63) is 35.4 Å². The Morgan fingerprint density at radius 3 is 1.50 bits per heavy atom. The van der Waals surface area contributed by atoms with E-state index in [-0.39, 0.29) is 0 Å². The first-order valence-electron chi connectivity index (χ1n) is 9.29. The van der Waals surface area contributed by atoms with E-state index in [4.69, 9.17) is 9.47 Å². The minimum absolute atomic E-state index is 0.483. The molecule has 4 nitrogen and oxygen atoms in total. The van der Waals surface area contributed by atoms with Crippen molar-refractivity contribution in [1.82, 2.24) is 9.80 Å². The molecule has 0 saturated carbocycles. The molecule has 4 unspecified atom stereocenters. The number of benzene rings is 1. The third-order valence-corrected chi connectivity index (χ3v) is 5.42. The van der Waals surface area contributed by atoms with Crippen LogP contribution >= 0.6 is 0 Å². The minimum atomic E-state index is 0.483. The van der Waals surface area contributed by atoms with Gasteiger partial charge in [-0.15, -0.1) is 0 Å². The largest absolute Gasteiger partial charge is 0.378 e. The standard InChI is InChI=1S/C20H32N2O2/c1-15-11-23-12-16(2)21(15)9-19-6-5-7-20(8-19)10-22-17(3)13-24-14-18(22)4/h5-8,15-18H,9-14H2,1-4H3. The van der Waals surface area contributed by atoms with Crippen molar-refractivity contribution in [2.75, 3.05) is 26.4 Å². The van der Waals surface area contributed by atoms with Crippen molar-refractivity contribution in [3.63, 3.8) is 0 Å². The molecular weight excluding hydrogens is 300 g/mol. The molecular formula is C20H32N2O2. The number of ether oxygens (including phenoxy) is 2. The predicted molar refractivity (Wildman–Crippen MR) is 97.0 cm³/mol. The summed E-state index contributed by atoms with van der Waals surface area (Å²) >= 11 is 0. The fourth-order valence-electron chi connectivity index (χ4n) is 3.94. The molecule has 2 fully saturated rings. The Morgan fingerprint density at radius 1 is 0.750 bits per heavy atom. The van der Waals surface area contributed by atoms with Crippen LogP contribution in [-0.4, -0.2) is 60.4 Å². The van der Waals surface area contributed by atoms with Gasteiger partial charge < -0.3 is 9.47 Å². The van der Waals surface area contributed by atoms with Gasteiger partial charge in [-0.05, 0) is 38.8 Å². The van der Waals surface area contributed by atoms with E-state index in [0.29, 0.717) is 24.2 Å². The first-order chi connectivity index (χ1) is 11.5. The van der Waals surface area contributed by atoms with Gasteiger partial charge in [-0.25, -0.2) is 0 Å². The summed E-state index contributed by atoms with van der Waals surface area (Å²) in [5.74, 6) is 0. The van der Waals surface area contributed by atoms with E-state index in [1.807, 2.05) is 0 Å². The topological polar surface area (TPSA) is 24.9 Å². The SMILES string of the molecule is CC1COCC(C)N1Cc1cccc(CN2C(C)COCC2C)c1. The van der Waals surface area contributed by atoms with Crippen molar-refractivity contribution in [2.45, 2.75) is 65.0 Å². The van der Waals surface area contributed by atoms with E-state index in [1.165, 1.54) is 11.1 Å². The van der Waals surface area contributed by atoms with Gasteiger partial charge >= 0.3 is 0 Å². The first kappa shape index (κ1) is 17.9. The Morgan fingerprint density at radius 2 is 1.12 bits per heavy atom. The average Bonchev–Trinajstić information content (AvgIpc) is 2.55. The maximum absolute atomic E-state index is 5.65. The van der Waals surface area contributed by atoms with Crippen molar-refractivity contribution in [3.8, 4) is 0 Å². The lowest BCUT2D eigenvalue weighted by Gasteiger charge is -2.39. The van der Waals surface area contributed by atoms with Crippen LogP contribution in [0.1, 0.15) is 38.8 Å². The molecule has 1 aromatic rings. The monoisotopic (exact) mass is 332 g/mol. The molecule has 0 bridgehead atoms. The zero-order chi connectivity index (χ0) is 17.1. The van der Waals surface area contributed by atoms with Crippen LogP contribution in [-0.2, 0) is 22.6 Å². The Kier molecular flexibility index (Phi) is 5.93. The summed E-state index contributed by atoms with van der Waals surface area (Å²) in [6, 6.07) is 11.0. The van der Waals surface area contributed by atoms with Gasteiger partial charge in [-0.3, -0.25) is 9.80 Å².